The van der Waals surface area contributed by atoms with E-state index in [1.54, 1.807) is 11.8 Å². The fourth-order valence-corrected chi connectivity index (χ4v) is 3.14. The third-order valence-electron chi connectivity index (χ3n) is 3.38. The van der Waals surface area contributed by atoms with Crippen LogP contribution in [0.25, 0.3) is 0 Å². The summed E-state index contributed by atoms with van der Waals surface area (Å²) in [6.45, 7) is 6.13. The molecule has 0 aromatic heterocycles. The molecule has 0 fully saturated rings. The van der Waals surface area contributed by atoms with Crippen molar-refractivity contribution in [2.75, 3.05) is 0 Å². The van der Waals surface area contributed by atoms with Crippen molar-refractivity contribution >= 4 is 33.6 Å². The van der Waals surface area contributed by atoms with E-state index in [1.807, 2.05) is 26.0 Å². The minimum absolute atomic E-state index is 0.00734. The van der Waals surface area contributed by atoms with Crippen molar-refractivity contribution in [1.29, 1.82) is 0 Å². The van der Waals surface area contributed by atoms with Crippen LogP contribution in [-0.2, 0) is 11.2 Å². The second-order valence-electron chi connectivity index (χ2n) is 5.25. The van der Waals surface area contributed by atoms with Gasteiger partial charge in [0, 0.05) is 15.3 Å². The first-order valence-electron chi connectivity index (χ1n) is 6.11. The predicted molar refractivity (Wildman–Crippen MR) is 80.4 cm³/mol. The first-order valence-corrected chi connectivity index (χ1v) is 7.90. The molecule has 1 aliphatic rings. The van der Waals surface area contributed by atoms with Crippen molar-refractivity contribution in [3.63, 3.8) is 0 Å². The first-order chi connectivity index (χ1) is 8.40. The number of rotatable bonds is 3. The van der Waals surface area contributed by atoms with Crippen LogP contribution >= 0.6 is 27.7 Å². The average molecular weight is 328 g/mol. The van der Waals surface area contributed by atoms with E-state index in [1.165, 1.54) is 10.5 Å². The number of amides is 1. The van der Waals surface area contributed by atoms with E-state index in [4.69, 9.17) is 0 Å². The third-order valence-corrected chi connectivity index (χ3v) is 5.84. The highest BCUT2D eigenvalue weighted by molar-refractivity contribution is 9.09. The smallest absolute Gasteiger partial charge is 0.234 e. The van der Waals surface area contributed by atoms with Gasteiger partial charge < -0.3 is 5.32 Å². The molecule has 1 aliphatic heterocycles. The first kappa shape index (κ1) is 13.9. The summed E-state index contributed by atoms with van der Waals surface area (Å²) >= 11 is 5.21. The van der Waals surface area contributed by atoms with Gasteiger partial charge in [-0.2, -0.15) is 0 Å². The van der Waals surface area contributed by atoms with Gasteiger partial charge in [0.2, 0.25) is 5.91 Å². The van der Waals surface area contributed by atoms with E-state index in [0.29, 0.717) is 0 Å². The van der Waals surface area contributed by atoms with Gasteiger partial charge in [0.1, 0.15) is 0 Å². The summed E-state index contributed by atoms with van der Waals surface area (Å²) < 4.78 is 0. The molecule has 18 heavy (non-hydrogen) atoms. The highest BCUT2D eigenvalue weighted by Crippen LogP contribution is 2.37. The minimum atomic E-state index is -0.230. The summed E-state index contributed by atoms with van der Waals surface area (Å²) in [4.78, 5) is 13.8. The van der Waals surface area contributed by atoms with Crippen LogP contribution in [0, 0.1) is 0 Å². The van der Waals surface area contributed by atoms with E-state index in [9.17, 15) is 4.79 Å². The number of hydrogen-bond donors (Lipinski definition) is 1. The number of carbonyl (C=O) groups is 1. The summed E-state index contributed by atoms with van der Waals surface area (Å²) in [6, 6.07) is 8.25. The van der Waals surface area contributed by atoms with Crippen LogP contribution in [0.5, 0.6) is 0 Å². The summed E-state index contributed by atoms with van der Waals surface area (Å²) in [5.41, 5.74) is 1.05. The van der Waals surface area contributed by atoms with E-state index in [2.05, 4.69) is 40.3 Å². The van der Waals surface area contributed by atoms with Crippen molar-refractivity contribution in [3.8, 4) is 0 Å². The molecule has 2 rings (SSSR count). The van der Waals surface area contributed by atoms with Gasteiger partial charge in [0.25, 0.3) is 0 Å². The molecule has 1 amide bonds. The van der Waals surface area contributed by atoms with Crippen LogP contribution in [0.15, 0.2) is 29.2 Å². The minimum Gasteiger partial charge on any atom is -0.349 e. The number of alkyl halides is 1. The fourth-order valence-electron chi connectivity index (χ4n) is 1.83. The number of carbonyl (C=O) groups excluding carboxylic acids is 1. The Morgan fingerprint density at radius 1 is 1.50 bits per heavy atom. The van der Waals surface area contributed by atoms with Crippen LogP contribution in [0.1, 0.15) is 26.3 Å². The fraction of sp³-hybridized carbons (Fsp3) is 0.500. The van der Waals surface area contributed by atoms with Crippen LogP contribution in [0.2, 0.25) is 0 Å². The Bertz CT molecular complexity index is 434. The Labute approximate surface area is 121 Å². The third kappa shape index (κ3) is 2.91. The Morgan fingerprint density at radius 3 is 2.78 bits per heavy atom. The predicted octanol–water partition coefficient (Wildman–Crippen LogP) is 3.38. The molecule has 98 valence electrons. The molecule has 0 saturated heterocycles. The van der Waals surface area contributed by atoms with E-state index >= 15 is 0 Å². The zero-order chi connectivity index (χ0) is 13.3. The average Bonchev–Trinajstić information content (AvgIpc) is 2.71. The normalized spacial score (nSPS) is 20.3. The van der Waals surface area contributed by atoms with Crippen LogP contribution < -0.4 is 5.32 Å². The number of fused-ring (bicyclic) bond motifs is 1. The molecule has 0 radical (unpaired) electrons. The molecule has 0 aliphatic carbocycles. The molecule has 4 heteroatoms. The van der Waals surface area contributed by atoms with Crippen LogP contribution in [-0.4, -0.2) is 21.5 Å². The molecule has 2 unspecified atom stereocenters. The molecule has 1 N–H and O–H groups in total. The second kappa shape index (κ2) is 5.25. The molecule has 0 bridgehead atoms. The van der Waals surface area contributed by atoms with E-state index in [0.717, 1.165) is 6.42 Å². The van der Waals surface area contributed by atoms with Crippen LogP contribution in [0.3, 0.4) is 0 Å². The maximum Gasteiger partial charge on any atom is 0.234 e. The molecular formula is C14H18BrNOS. The molecule has 2 nitrogen and oxygen atoms in total. The number of thioether (sulfide) groups is 1. The van der Waals surface area contributed by atoms with Gasteiger partial charge in [-0.25, -0.2) is 0 Å². The molecule has 0 spiro atoms. The molecular weight excluding hydrogens is 310 g/mol. The second-order valence-corrected chi connectivity index (χ2v) is 7.86. The Kier molecular flexibility index (Phi) is 4.07. The lowest BCUT2D eigenvalue weighted by Gasteiger charge is -2.30. The maximum atomic E-state index is 12.3. The van der Waals surface area contributed by atoms with Crippen molar-refractivity contribution < 1.29 is 4.79 Å². The van der Waals surface area contributed by atoms with Gasteiger partial charge in [0.15, 0.2) is 0 Å². The monoisotopic (exact) mass is 327 g/mol. The highest BCUT2D eigenvalue weighted by atomic mass is 79.9. The van der Waals surface area contributed by atoms with E-state index < -0.39 is 0 Å². The molecule has 1 heterocycles. The van der Waals surface area contributed by atoms with Gasteiger partial charge in [-0.05, 0) is 31.9 Å². The molecule has 1 aromatic rings. The van der Waals surface area contributed by atoms with Gasteiger partial charge >= 0.3 is 0 Å². The molecule has 0 saturated carbocycles. The number of benzene rings is 1. The lowest BCUT2D eigenvalue weighted by atomic mass is 10.0. The largest absolute Gasteiger partial charge is 0.349 e. The van der Waals surface area contributed by atoms with Crippen molar-refractivity contribution in [1.82, 2.24) is 5.32 Å². The highest BCUT2D eigenvalue weighted by Gasteiger charge is 2.33. The summed E-state index contributed by atoms with van der Waals surface area (Å²) in [5.74, 6) is 0.132. The Balaban J connectivity index is 2.02. The Morgan fingerprint density at radius 2 is 2.17 bits per heavy atom. The van der Waals surface area contributed by atoms with Gasteiger partial charge in [0.05, 0.1) is 5.25 Å². The van der Waals surface area contributed by atoms with Gasteiger partial charge in [-0.3, -0.25) is 4.79 Å². The Hall–Kier alpha value is -0.480. The van der Waals surface area contributed by atoms with Gasteiger partial charge in [-0.1, -0.05) is 41.1 Å². The van der Waals surface area contributed by atoms with Crippen LogP contribution in [0.4, 0.5) is 0 Å². The zero-order valence-electron chi connectivity index (χ0n) is 10.9. The quantitative estimate of drug-likeness (QED) is 0.862. The lowest BCUT2D eigenvalue weighted by molar-refractivity contribution is -0.122. The van der Waals surface area contributed by atoms with Crippen molar-refractivity contribution in [2.45, 2.75) is 47.7 Å². The SMILES string of the molecule is CC(Br)C(C)(C)NC(=O)C1Cc2ccccc2S1. The molecule has 1 aromatic carbocycles. The topological polar surface area (TPSA) is 29.1 Å². The molecule has 2 atom stereocenters. The van der Waals surface area contributed by atoms with Crippen molar-refractivity contribution in [2.24, 2.45) is 0 Å². The van der Waals surface area contributed by atoms with E-state index in [-0.39, 0.29) is 21.5 Å². The number of hydrogen-bond acceptors (Lipinski definition) is 2. The lowest BCUT2D eigenvalue weighted by Crippen LogP contribution is -2.51. The number of halogens is 1. The van der Waals surface area contributed by atoms with Crippen molar-refractivity contribution in [3.05, 3.63) is 29.8 Å². The maximum absolute atomic E-state index is 12.3. The summed E-state index contributed by atoms with van der Waals surface area (Å²) in [7, 11) is 0. The zero-order valence-corrected chi connectivity index (χ0v) is 13.3. The number of nitrogens with one attached hydrogen (secondary N) is 1. The summed E-state index contributed by atoms with van der Waals surface area (Å²) in [5, 5.41) is 3.13. The standard InChI is InChI=1S/C14H18BrNOS/c1-9(15)14(2,3)16-13(17)12-8-10-6-4-5-7-11(10)18-12/h4-7,9,12H,8H2,1-3H3,(H,16,17). The summed E-state index contributed by atoms with van der Waals surface area (Å²) in [6.07, 6.45) is 0.833. The van der Waals surface area contributed by atoms with Gasteiger partial charge in [-0.15, -0.1) is 11.8 Å².